The summed E-state index contributed by atoms with van der Waals surface area (Å²) in [5.41, 5.74) is 4.64. The lowest BCUT2D eigenvalue weighted by molar-refractivity contribution is -0.142. The number of benzene rings is 3. The first-order valence-corrected chi connectivity index (χ1v) is 13.0. The molecule has 4 aromatic rings. The minimum Gasteiger partial charge on any atom is -0.480 e. The van der Waals surface area contributed by atoms with Crippen molar-refractivity contribution in [2.45, 2.75) is 44.6 Å². The van der Waals surface area contributed by atoms with E-state index in [4.69, 9.17) is 5.84 Å². The van der Waals surface area contributed by atoms with E-state index in [9.17, 15) is 19.5 Å². The van der Waals surface area contributed by atoms with Gasteiger partial charge in [-0.25, -0.2) is 20.4 Å². The Bertz CT molecular complexity index is 1410. The van der Waals surface area contributed by atoms with Gasteiger partial charge in [-0.3, -0.25) is 14.8 Å². The third kappa shape index (κ3) is 7.52. The molecule has 0 aliphatic rings. The van der Waals surface area contributed by atoms with E-state index < -0.39 is 24.0 Å². The number of nitrogen functional groups attached to an aromatic ring is 1. The van der Waals surface area contributed by atoms with E-state index in [0.717, 1.165) is 40.2 Å². The lowest BCUT2D eigenvalue weighted by Gasteiger charge is -2.21. The number of unbranched alkanes of at least 4 members (excludes halogenated alkanes) is 1. The van der Waals surface area contributed by atoms with Crippen LogP contribution in [0.3, 0.4) is 0 Å². The van der Waals surface area contributed by atoms with Crippen molar-refractivity contribution in [2.75, 3.05) is 0 Å². The van der Waals surface area contributed by atoms with E-state index in [2.05, 4.69) is 22.4 Å². The summed E-state index contributed by atoms with van der Waals surface area (Å²) in [6.07, 6.45) is 6.35. The molecule has 1 heterocycles. The molecule has 9 nitrogen and oxygen atoms in total. The zero-order chi connectivity index (χ0) is 27.6. The number of nitrogens with one attached hydrogen (secondary N) is 2. The van der Waals surface area contributed by atoms with Crippen molar-refractivity contribution in [1.29, 1.82) is 0 Å². The van der Waals surface area contributed by atoms with Gasteiger partial charge >= 0.3 is 12.0 Å². The molecule has 0 saturated carbocycles. The van der Waals surface area contributed by atoms with Gasteiger partial charge in [-0.2, -0.15) is 0 Å². The number of fused-ring (bicyclic) bond motifs is 1. The van der Waals surface area contributed by atoms with Crippen LogP contribution >= 0.6 is 0 Å². The SMILES string of the molecule is NNC(=O)n1cnc(C[C@H](NC(=O)C(CCCCc2ccccc2)Cc2cccc3ccccc23)C(=O)O)c1. The Morgan fingerprint density at radius 2 is 1.67 bits per heavy atom. The lowest BCUT2D eigenvalue weighted by atomic mass is 9.89. The number of imidazole rings is 1. The monoisotopic (exact) mass is 527 g/mol. The highest BCUT2D eigenvalue weighted by Crippen LogP contribution is 2.24. The Balaban J connectivity index is 1.48. The number of hydrogen-bond acceptors (Lipinski definition) is 5. The maximum absolute atomic E-state index is 13.5. The van der Waals surface area contributed by atoms with E-state index in [0.29, 0.717) is 18.5 Å². The molecule has 0 bridgehead atoms. The molecular formula is C30H33N5O4. The van der Waals surface area contributed by atoms with Gasteiger partial charge in [0.1, 0.15) is 12.4 Å². The quantitative estimate of drug-likeness (QED) is 0.0955. The number of nitrogens with zero attached hydrogens (tertiary/aromatic N) is 2. The first-order valence-electron chi connectivity index (χ1n) is 13.0. The highest BCUT2D eigenvalue weighted by atomic mass is 16.4. The highest BCUT2D eigenvalue weighted by molar-refractivity contribution is 5.88. The standard InChI is InChI=1S/C30H33N5O4/c31-34-30(39)35-19-25(32-20-35)18-27(29(37)38)33-28(36)24(13-5-4-11-21-9-2-1-3-10-21)17-23-15-8-14-22-12-6-7-16-26(22)23/h1-3,6-10,12,14-16,19-20,24,27H,4-5,11,13,17-18,31H2,(H,33,36)(H,34,39)(H,37,38)/t24?,27-/m0/s1. The summed E-state index contributed by atoms with van der Waals surface area (Å²) in [6, 6.07) is 22.5. The van der Waals surface area contributed by atoms with Crippen molar-refractivity contribution in [3.8, 4) is 0 Å². The van der Waals surface area contributed by atoms with E-state index in [1.165, 1.54) is 18.1 Å². The number of aryl methyl sites for hydroxylation is 1. The van der Waals surface area contributed by atoms with Gasteiger partial charge in [-0.15, -0.1) is 0 Å². The molecule has 0 aliphatic carbocycles. The predicted octanol–water partition coefficient (Wildman–Crippen LogP) is 3.85. The van der Waals surface area contributed by atoms with Crippen LogP contribution in [0.1, 0.15) is 36.1 Å². The van der Waals surface area contributed by atoms with Gasteiger partial charge < -0.3 is 10.4 Å². The fraction of sp³-hybridized carbons (Fsp3) is 0.267. The second kappa shape index (κ2) is 13.3. The summed E-state index contributed by atoms with van der Waals surface area (Å²) in [7, 11) is 0. The maximum Gasteiger partial charge on any atom is 0.340 e. The van der Waals surface area contributed by atoms with Gasteiger partial charge in [0.05, 0.1) is 5.69 Å². The number of carboxylic acid groups (broad SMARTS) is 1. The van der Waals surface area contributed by atoms with Crippen LogP contribution in [0.25, 0.3) is 10.8 Å². The normalized spacial score (nSPS) is 12.5. The van der Waals surface area contributed by atoms with Crippen LogP contribution in [0.15, 0.2) is 85.3 Å². The van der Waals surface area contributed by atoms with Crippen LogP contribution in [0.5, 0.6) is 0 Å². The van der Waals surface area contributed by atoms with Crippen LogP contribution in [0, 0.1) is 5.92 Å². The molecule has 1 unspecified atom stereocenters. The topological polar surface area (TPSA) is 139 Å². The Hall–Kier alpha value is -4.50. The maximum atomic E-state index is 13.5. The molecule has 4 rings (SSSR count). The number of aliphatic carboxylic acids is 1. The highest BCUT2D eigenvalue weighted by Gasteiger charge is 2.27. The first kappa shape index (κ1) is 27.5. The fourth-order valence-electron chi connectivity index (χ4n) is 4.78. The summed E-state index contributed by atoms with van der Waals surface area (Å²) < 4.78 is 1.12. The second-order valence-electron chi connectivity index (χ2n) is 9.60. The Kier molecular flexibility index (Phi) is 9.42. The van der Waals surface area contributed by atoms with Crippen molar-refractivity contribution in [2.24, 2.45) is 11.8 Å². The zero-order valence-corrected chi connectivity index (χ0v) is 21.6. The zero-order valence-electron chi connectivity index (χ0n) is 21.6. The molecule has 3 aromatic carbocycles. The van der Waals surface area contributed by atoms with Crippen LogP contribution < -0.4 is 16.6 Å². The third-order valence-electron chi connectivity index (χ3n) is 6.85. The molecule has 0 radical (unpaired) electrons. The average Bonchev–Trinajstić information content (AvgIpc) is 3.43. The molecule has 202 valence electrons. The summed E-state index contributed by atoms with van der Waals surface area (Å²) in [5, 5.41) is 14.8. The molecule has 9 heteroatoms. The number of carbonyl (C=O) groups excluding carboxylic acids is 2. The summed E-state index contributed by atoms with van der Waals surface area (Å²) in [4.78, 5) is 41.4. The molecule has 39 heavy (non-hydrogen) atoms. The Morgan fingerprint density at radius 1 is 0.923 bits per heavy atom. The van der Waals surface area contributed by atoms with Crippen molar-refractivity contribution in [3.05, 3.63) is 102 Å². The molecule has 5 N–H and O–H groups in total. The van der Waals surface area contributed by atoms with Crippen molar-refractivity contribution in [3.63, 3.8) is 0 Å². The van der Waals surface area contributed by atoms with E-state index in [1.54, 1.807) is 0 Å². The first-order chi connectivity index (χ1) is 18.9. The Labute approximate surface area is 227 Å². The van der Waals surface area contributed by atoms with Gasteiger partial charge in [0, 0.05) is 18.5 Å². The number of rotatable bonds is 12. The van der Waals surface area contributed by atoms with Gasteiger partial charge in [-0.05, 0) is 47.6 Å². The summed E-state index contributed by atoms with van der Waals surface area (Å²) >= 11 is 0. The summed E-state index contributed by atoms with van der Waals surface area (Å²) in [6.45, 7) is 0. The predicted molar refractivity (Wildman–Crippen MR) is 149 cm³/mol. The lowest BCUT2D eigenvalue weighted by Crippen LogP contribution is -2.45. The molecule has 2 atom stereocenters. The molecule has 2 amide bonds. The van der Waals surface area contributed by atoms with Crippen LogP contribution in [0.4, 0.5) is 4.79 Å². The molecule has 0 fully saturated rings. The van der Waals surface area contributed by atoms with Crippen LogP contribution in [0.2, 0.25) is 0 Å². The minimum atomic E-state index is -1.19. The summed E-state index contributed by atoms with van der Waals surface area (Å²) in [5.74, 6) is 3.25. The third-order valence-corrected chi connectivity index (χ3v) is 6.85. The molecule has 0 aliphatic heterocycles. The largest absolute Gasteiger partial charge is 0.480 e. The minimum absolute atomic E-state index is 0.0685. The second-order valence-corrected chi connectivity index (χ2v) is 9.60. The smallest absolute Gasteiger partial charge is 0.340 e. The molecule has 1 aromatic heterocycles. The van der Waals surface area contributed by atoms with Crippen molar-refractivity contribution in [1.82, 2.24) is 20.3 Å². The van der Waals surface area contributed by atoms with E-state index in [-0.39, 0.29) is 12.3 Å². The van der Waals surface area contributed by atoms with Crippen LogP contribution in [-0.4, -0.2) is 38.6 Å². The van der Waals surface area contributed by atoms with E-state index >= 15 is 0 Å². The van der Waals surface area contributed by atoms with Crippen LogP contribution in [-0.2, 0) is 28.9 Å². The number of hydrazine groups is 1. The molecule has 0 saturated heterocycles. The Morgan fingerprint density at radius 3 is 2.44 bits per heavy atom. The average molecular weight is 528 g/mol. The van der Waals surface area contributed by atoms with Gasteiger partial charge in [0.15, 0.2) is 0 Å². The van der Waals surface area contributed by atoms with Gasteiger partial charge in [0.2, 0.25) is 5.91 Å². The number of amides is 2. The molecule has 0 spiro atoms. The van der Waals surface area contributed by atoms with Gasteiger partial charge in [0.25, 0.3) is 0 Å². The number of nitrogens with two attached hydrogens (primary N) is 1. The van der Waals surface area contributed by atoms with Crippen molar-refractivity contribution >= 4 is 28.7 Å². The fourth-order valence-corrected chi connectivity index (χ4v) is 4.78. The van der Waals surface area contributed by atoms with Crippen molar-refractivity contribution < 1.29 is 19.5 Å². The number of aromatic nitrogens is 2. The van der Waals surface area contributed by atoms with Gasteiger partial charge in [-0.1, -0.05) is 79.2 Å². The number of hydrogen-bond donors (Lipinski definition) is 4. The van der Waals surface area contributed by atoms with E-state index in [1.807, 2.05) is 66.1 Å². The molecular weight excluding hydrogens is 494 g/mol. The number of carbonyl (C=O) groups is 3. The number of carboxylic acids is 1.